The van der Waals surface area contributed by atoms with Gasteiger partial charge in [-0.15, -0.1) is 0 Å². The van der Waals surface area contributed by atoms with Crippen molar-refractivity contribution in [3.05, 3.63) is 214 Å². The van der Waals surface area contributed by atoms with Crippen LogP contribution in [0.1, 0.15) is 44.5 Å². The minimum Gasteiger partial charge on any atom is -0.311 e. The van der Waals surface area contributed by atoms with Gasteiger partial charge in [0.15, 0.2) is 0 Å². The SMILES string of the molecule is Cc1ccc(N(c2ccc(C)cc2)c2ccc(/C=C/c3cccc(/C=C/c4ccc(N(c5ccccc5)c5cccc(C)c5)cc4C)c3)cc2)cc1. The van der Waals surface area contributed by atoms with Crippen molar-refractivity contribution in [2.75, 3.05) is 9.80 Å². The summed E-state index contributed by atoms with van der Waals surface area (Å²) in [5.41, 5.74) is 16.5. The lowest BCUT2D eigenvalue weighted by atomic mass is 10.0. The Kier molecular flexibility index (Phi) is 10.3. The molecule has 7 aromatic carbocycles. The van der Waals surface area contributed by atoms with Crippen LogP contribution in [0.15, 0.2) is 170 Å². The molecule has 0 bridgehead atoms. The number of nitrogens with zero attached hydrogens (tertiary/aromatic N) is 2. The predicted octanol–water partition coefficient (Wildman–Crippen LogP) is 14.2. The molecular weight excluding hydrogens is 629 g/mol. The van der Waals surface area contributed by atoms with Gasteiger partial charge in [-0.1, -0.05) is 126 Å². The van der Waals surface area contributed by atoms with Gasteiger partial charge in [0.25, 0.3) is 0 Å². The van der Waals surface area contributed by atoms with Gasteiger partial charge in [-0.2, -0.15) is 0 Å². The number of anilines is 6. The van der Waals surface area contributed by atoms with Gasteiger partial charge in [-0.05, 0) is 140 Å². The van der Waals surface area contributed by atoms with Gasteiger partial charge in [0, 0.05) is 34.1 Å². The fourth-order valence-corrected chi connectivity index (χ4v) is 6.49. The maximum absolute atomic E-state index is 2.32. The molecule has 0 radical (unpaired) electrons. The molecule has 0 aromatic heterocycles. The lowest BCUT2D eigenvalue weighted by Crippen LogP contribution is -2.10. The molecule has 0 spiro atoms. The maximum Gasteiger partial charge on any atom is 0.0464 e. The second-order valence-corrected chi connectivity index (χ2v) is 13.5. The number of hydrogen-bond acceptors (Lipinski definition) is 2. The van der Waals surface area contributed by atoms with Gasteiger partial charge >= 0.3 is 0 Å². The van der Waals surface area contributed by atoms with E-state index in [0.717, 1.165) is 45.3 Å². The molecule has 254 valence electrons. The van der Waals surface area contributed by atoms with Crippen LogP contribution in [0.4, 0.5) is 34.1 Å². The Morgan fingerprint density at radius 1 is 0.308 bits per heavy atom. The Hall–Kier alpha value is -6.38. The summed E-state index contributed by atoms with van der Waals surface area (Å²) in [7, 11) is 0. The summed E-state index contributed by atoms with van der Waals surface area (Å²) in [6.45, 7) is 8.58. The molecule has 0 aliphatic carbocycles. The van der Waals surface area contributed by atoms with Crippen molar-refractivity contribution in [2.24, 2.45) is 0 Å². The van der Waals surface area contributed by atoms with Crippen LogP contribution in [0.2, 0.25) is 0 Å². The van der Waals surface area contributed by atoms with Crippen LogP contribution >= 0.6 is 0 Å². The minimum atomic E-state index is 1.13. The first-order chi connectivity index (χ1) is 25.4. The Labute approximate surface area is 309 Å². The predicted molar refractivity (Wildman–Crippen MR) is 225 cm³/mol. The highest BCUT2D eigenvalue weighted by molar-refractivity contribution is 5.81. The van der Waals surface area contributed by atoms with Gasteiger partial charge in [-0.3, -0.25) is 0 Å². The average molecular weight is 673 g/mol. The number of aryl methyl sites for hydroxylation is 4. The Balaban J connectivity index is 1.07. The molecule has 2 heteroatoms. The monoisotopic (exact) mass is 672 g/mol. The van der Waals surface area contributed by atoms with E-state index in [2.05, 4.69) is 232 Å². The lowest BCUT2D eigenvalue weighted by Gasteiger charge is -2.26. The Morgan fingerprint density at radius 3 is 1.37 bits per heavy atom. The quantitative estimate of drug-likeness (QED) is 0.133. The largest absolute Gasteiger partial charge is 0.311 e. The zero-order valence-electron chi connectivity index (χ0n) is 30.4. The van der Waals surface area contributed by atoms with Gasteiger partial charge < -0.3 is 9.80 Å². The van der Waals surface area contributed by atoms with E-state index in [4.69, 9.17) is 0 Å². The molecule has 0 atom stereocenters. The molecule has 0 aliphatic heterocycles. The molecule has 52 heavy (non-hydrogen) atoms. The zero-order valence-corrected chi connectivity index (χ0v) is 30.4. The van der Waals surface area contributed by atoms with Gasteiger partial charge in [-0.25, -0.2) is 0 Å². The number of hydrogen-bond donors (Lipinski definition) is 0. The van der Waals surface area contributed by atoms with Crippen molar-refractivity contribution in [1.29, 1.82) is 0 Å². The smallest absolute Gasteiger partial charge is 0.0464 e. The van der Waals surface area contributed by atoms with Crippen molar-refractivity contribution in [1.82, 2.24) is 0 Å². The van der Waals surface area contributed by atoms with Crippen molar-refractivity contribution >= 4 is 58.4 Å². The fourth-order valence-electron chi connectivity index (χ4n) is 6.49. The van der Waals surface area contributed by atoms with Crippen molar-refractivity contribution in [3.8, 4) is 0 Å². The highest BCUT2D eigenvalue weighted by atomic mass is 15.1. The molecule has 7 aromatic rings. The molecule has 0 heterocycles. The number of rotatable bonds is 10. The third-order valence-corrected chi connectivity index (χ3v) is 9.36. The van der Waals surface area contributed by atoms with E-state index in [9.17, 15) is 0 Å². The standard InChI is InChI=1S/C50H44N2/c1-37-16-27-46(28-17-37)51(47-29-18-38(2)19-30-47)48-31-23-41(24-32-48)20-21-42-11-9-12-43(36-42)22-25-44-26-33-50(35-40(44)4)52(45-13-6-5-7-14-45)49-15-8-10-39(3)34-49/h5-36H,1-4H3/b21-20+,25-22+. The summed E-state index contributed by atoms with van der Waals surface area (Å²) >= 11 is 0. The van der Waals surface area contributed by atoms with Crippen LogP contribution in [0.5, 0.6) is 0 Å². The summed E-state index contributed by atoms with van der Waals surface area (Å²) in [6, 6.07) is 60.8. The average Bonchev–Trinajstić information content (AvgIpc) is 3.16. The molecule has 0 amide bonds. The van der Waals surface area contributed by atoms with E-state index in [-0.39, 0.29) is 0 Å². The first-order valence-electron chi connectivity index (χ1n) is 17.9. The van der Waals surface area contributed by atoms with Crippen molar-refractivity contribution in [3.63, 3.8) is 0 Å². The fraction of sp³-hybridized carbons (Fsp3) is 0.0800. The molecule has 0 N–H and O–H groups in total. The first kappa shape index (κ1) is 34.1. The van der Waals surface area contributed by atoms with E-state index in [1.54, 1.807) is 0 Å². The highest BCUT2D eigenvalue weighted by Gasteiger charge is 2.14. The molecule has 7 rings (SSSR count). The van der Waals surface area contributed by atoms with Crippen LogP contribution in [0.25, 0.3) is 24.3 Å². The van der Waals surface area contributed by atoms with Crippen LogP contribution in [0, 0.1) is 27.7 Å². The maximum atomic E-state index is 2.32. The normalized spacial score (nSPS) is 11.3. The summed E-state index contributed by atoms with van der Waals surface area (Å²) in [5.74, 6) is 0. The summed E-state index contributed by atoms with van der Waals surface area (Å²) in [6.07, 6.45) is 8.79. The molecule has 2 nitrogen and oxygen atoms in total. The van der Waals surface area contributed by atoms with Crippen molar-refractivity contribution < 1.29 is 0 Å². The number of para-hydroxylation sites is 1. The third-order valence-electron chi connectivity index (χ3n) is 9.36. The summed E-state index contributed by atoms with van der Waals surface area (Å²) in [5, 5.41) is 0. The van der Waals surface area contributed by atoms with Gasteiger partial charge in [0.1, 0.15) is 0 Å². The molecular formula is C50H44N2. The highest BCUT2D eigenvalue weighted by Crippen LogP contribution is 2.37. The third kappa shape index (κ3) is 8.15. The summed E-state index contributed by atoms with van der Waals surface area (Å²) in [4.78, 5) is 4.63. The molecule has 0 unspecified atom stereocenters. The van der Waals surface area contributed by atoms with E-state index >= 15 is 0 Å². The van der Waals surface area contributed by atoms with E-state index < -0.39 is 0 Å². The topological polar surface area (TPSA) is 6.48 Å². The number of benzene rings is 7. The van der Waals surface area contributed by atoms with Crippen LogP contribution < -0.4 is 9.80 Å². The molecule has 0 saturated carbocycles. The van der Waals surface area contributed by atoms with Gasteiger partial charge in [0.05, 0.1) is 0 Å². The van der Waals surface area contributed by atoms with E-state index in [1.165, 1.54) is 33.4 Å². The van der Waals surface area contributed by atoms with E-state index in [0.29, 0.717) is 0 Å². The second kappa shape index (κ2) is 15.7. The van der Waals surface area contributed by atoms with Crippen molar-refractivity contribution in [2.45, 2.75) is 27.7 Å². The zero-order chi connectivity index (χ0) is 35.9. The second-order valence-electron chi connectivity index (χ2n) is 13.5. The molecule has 0 saturated heterocycles. The Morgan fingerprint density at radius 2 is 0.769 bits per heavy atom. The lowest BCUT2D eigenvalue weighted by molar-refractivity contribution is 1.26. The van der Waals surface area contributed by atoms with Gasteiger partial charge in [0.2, 0.25) is 0 Å². The summed E-state index contributed by atoms with van der Waals surface area (Å²) < 4.78 is 0. The van der Waals surface area contributed by atoms with E-state index in [1.807, 2.05) is 0 Å². The minimum absolute atomic E-state index is 1.13. The first-order valence-corrected chi connectivity index (χ1v) is 17.9. The Bertz CT molecular complexity index is 2270. The van der Waals surface area contributed by atoms with Crippen LogP contribution in [-0.2, 0) is 0 Å². The van der Waals surface area contributed by atoms with Crippen LogP contribution in [-0.4, -0.2) is 0 Å². The molecule has 0 aliphatic rings. The van der Waals surface area contributed by atoms with Crippen LogP contribution in [0.3, 0.4) is 0 Å². The molecule has 0 fully saturated rings.